The normalized spacial score (nSPS) is 10.4. The van der Waals surface area contributed by atoms with Gasteiger partial charge in [-0.25, -0.2) is 0 Å². The maximum atomic E-state index is 4.17. The number of halogens is 1. The number of nitrogens with zero attached hydrogens (tertiary/aromatic N) is 1. The summed E-state index contributed by atoms with van der Waals surface area (Å²) in [4.78, 5) is 4.17. The van der Waals surface area contributed by atoms with Crippen molar-refractivity contribution < 1.29 is 0 Å². The molecule has 0 aliphatic rings. The molecule has 0 amide bonds. The molecule has 0 aliphatic heterocycles. The van der Waals surface area contributed by atoms with Gasteiger partial charge in [0.2, 0.25) is 0 Å². The van der Waals surface area contributed by atoms with Gasteiger partial charge < -0.3 is 0 Å². The molecule has 0 saturated heterocycles. The quantitative estimate of drug-likeness (QED) is 0.455. The lowest BCUT2D eigenvalue weighted by Gasteiger charge is -1.94. The zero-order chi connectivity index (χ0) is 8.81. The van der Waals surface area contributed by atoms with E-state index in [-0.39, 0.29) is 0 Å². The minimum atomic E-state index is 0.685. The van der Waals surface area contributed by atoms with Gasteiger partial charge in [-0.15, -0.1) is 6.58 Å². The molecule has 0 atom stereocenters. The van der Waals surface area contributed by atoms with Crippen molar-refractivity contribution in [3.63, 3.8) is 0 Å². The number of hydrogen-bond donors (Lipinski definition) is 0. The van der Waals surface area contributed by atoms with Crippen molar-refractivity contribution in [2.24, 2.45) is 4.99 Å². The second kappa shape index (κ2) is 5.09. The van der Waals surface area contributed by atoms with E-state index in [9.17, 15) is 0 Å². The molecule has 62 valence electrons. The van der Waals surface area contributed by atoms with Crippen LogP contribution in [0.1, 0.15) is 5.56 Å². The van der Waals surface area contributed by atoms with E-state index in [1.54, 1.807) is 6.08 Å². The Morgan fingerprint density at radius 2 is 2.17 bits per heavy atom. The molecule has 1 nitrogen and oxygen atoms in total. The molecule has 0 N–H and O–H groups in total. The van der Waals surface area contributed by atoms with Gasteiger partial charge in [0.1, 0.15) is 0 Å². The monoisotopic (exact) mass is 271 g/mol. The SMILES string of the molecule is C=CCN=Cc1ccccc1I. The van der Waals surface area contributed by atoms with E-state index in [4.69, 9.17) is 0 Å². The van der Waals surface area contributed by atoms with Crippen LogP contribution in [0.4, 0.5) is 0 Å². The van der Waals surface area contributed by atoms with Crippen LogP contribution in [0.3, 0.4) is 0 Å². The van der Waals surface area contributed by atoms with Crippen molar-refractivity contribution in [1.82, 2.24) is 0 Å². The van der Waals surface area contributed by atoms with Crippen LogP contribution >= 0.6 is 22.6 Å². The van der Waals surface area contributed by atoms with Gasteiger partial charge in [-0.3, -0.25) is 4.99 Å². The molecular weight excluding hydrogens is 261 g/mol. The number of hydrogen-bond acceptors (Lipinski definition) is 1. The molecule has 0 bridgehead atoms. The standard InChI is InChI=1S/C10H10IN/c1-2-7-12-8-9-5-3-4-6-10(9)11/h2-6,8H,1,7H2. The third-order valence-corrected chi connectivity index (χ3v) is 2.35. The molecule has 0 unspecified atom stereocenters. The molecule has 0 spiro atoms. The Hall–Kier alpha value is -0.640. The predicted octanol–water partition coefficient (Wildman–Crippen LogP) is 2.90. The summed E-state index contributed by atoms with van der Waals surface area (Å²) < 4.78 is 1.22. The van der Waals surface area contributed by atoms with E-state index in [1.165, 1.54) is 9.13 Å². The van der Waals surface area contributed by atoms with Gasteiger partial charge in [-0.2, -0.15) is 0 Å². The summed E-state index contributed by atoms with van der Waals surface area (Å²) >= 11 is 2.30. The maximum Gasteiger partial charge on any atom is 0.0567 e. The molecule has 0 fully saturated rings. The molecule has 0 saturated carbocycles. The summed E-state index contributed by atoms with van der Waals surface area (Å²) in [6.07, 6.45) is 3.66. The largest absolute Gasteiger partial charge is 0.288 e. The minimum absolute atomic E-state index is 0.685. The summed E-state index contributed by atoms with van der Waals surface area (Å²) in [5.41, 5.74) is 1.17. The van der Waals surface area contributed by atoms with Crippen LogP contribution in [-0.4, -0.2) is 12.8 Å². The fraction of sp³-hybridized carbons (Fsp3) is 0.100. The first-order valence-electron chi connectivity index (χ1n) is 3.70. The van der Waals surface area contributed by atoms with E-state index in [2.05, 4.69) is 40.2 Å². The van der Waals surface area contributed by atoms with Gasteiger partial charge in [0.15, 0.2) is 0 Å². The number of aliphatic imine (C=N–C) groups is 1. The summed E-state index contributed by atoms with van der Waals surface area (Å²) in [6.45, 7) is 4.28. The Balaban J connectivity index is 2.74. The maximum absolute atomic E-state index is 4.17. The van der Waals surface area contributed by atoms with Crippen molar-refractivity contribution in [1.29, 1.82) is 0 Å². The molecule has 1 aromatic rings. The first-order chi connectivity index (χ1) is 5.84. The summed E-state index contributed by atoms with van der Waals surface area (Å²) in [6, 6.07) is 8.15. The van der Waals surface area contributed by atoms with Crippen LogP contribution in [0.15, 0.2) is 41.9 Å². The molecule has 2 heteroatoms. The molecule has 0 aromatic heterocycles. The lowest BCUT2D eigenvalue weighted by molar-refractivity contribution is 1.26. The van der Waals surface area contributed by atoms with Crippen LogP contribution in [0.2, 0.25) is 0 Å². The summed E-state index contributed by atoms with van der Waals surface area (Å²) in [5.74, 6) is 0. The molecule has 1 rings (SSSR count). The van der Waals surface area contributed by atoms with Crippen LogP contribution in [0.25, 0.3) is 0 Å². The smallest absolute Gasteiger partial charge is 0.0567 e. The highest BCUT2D eigenvalue weighted by Gasteiger charge is 1.91. The first-order valence-corrected chi connectivity index (χ1v) is 4.77. The Bertz CT molecular complexity index is 292. The van der Waals surface area contributed by atoms with Crippen LogP contribution in [-0.2, 0) is 0 Å². The number of benzene rings is 1. The summed E-state index contributed by atoms with van der Waals surface area (Å²) in [7, 11) is 0. The average Bonchev–Trinajstić information content (AvgIpc) is 2.09. The van der Waals surface area contributed by atoms with E-state index < -0.39 is 0 Å². The van der Waals surface area contributed by atoms with Gasteiger partial charge in [0, 0.05) is 15.3 Å². The Morgan fingerprint density at radius 1 is 1.42 bits per heavy atom. The van der Waals surface area contributed by atoms with Crippen LogP contribution in [0.5, 0.6) is 0 Å². The van der Waals surface area contributed by atoms with Gasteiger partial charge in [0.05, 0.1) is 6.54 Å². The highest BCUT2D eigenvalue weighted by Crippen LogP contribution is 2.08. The fourth-order valence-corrected chi connectivity index (χ4v) is 1.33. The lowest BCUT2D eigenvalue weighted by Crippen LogP contribution is -1.85. The highest BCUT2D eigenvalue weighted by atomic mass is 127. The second-order valence-corrected chi connectivity index (χ2v) is 3.47. The third-order valence-electron chi connectivity index (χ3n) is 1.37. The first kappa shape index (κ1) is 9.45. The van der Waals surface area contributed by atoms with Gasteiger partial charge >= 0.3 is 0 Å². The average molecular weight is 271 g/mol. The Morgan fingerprint density at radius 3 is 2.83 bits per heavy atom. The zero-order valence-electron chi connectivity index (χ0n) is 6.70. The lowest BCUT2D eigenvalue weighted by atomic mass is 10.2. The Kier molecular flexibility index (Phi) is 4.00. The predicted molar refractivity (Wildman–Crippen MR) is 61.8 cm³/mol. The molecule has 0 radical (unpaired) electrons. The van der Waals surface area contributed by atoms with Crippen molar-refractivity contribution in [3.8, 4) is 0 Å². The van der Waals surface area contributed by atoms with Gasteiger partial charge in [-0.05, 0) is 28.7 Å². The van der Waals surface area contributed by atoms with E-state index in [0.717, 1.165) is 0 Å². The van der Waals surface area contributed by atoms with Gasteiger partial charge in [-0.1, -0.05) is 24.3 Å². The molecule has 0 heterocycles. The molecule has 0 aliphatic carbocycles. The van der Waals surface area contributed by atoms with E-state index >= 15 is 0 Å². The number of rotatable bonds is 3. The van der Waals surface area contributed by atoms with Crippen molar-refractivity contribution >= 4 is 28.8 Å². The van der Waals surface area contributed by atoms with Crippen LogP contribution in [0, 0.1) is 3.57 Å². The van der Waals surface area contributed by atoms with Gasteiger partial charge in [0.25, 0.3) is 0 Å². The zero-order valence-corrected chi connectivity index (χ0v) is 8.86. The fourth-order valence-electron chi connectivity index (χ4n) is 0.805. The Labute approximate surface area is 86.4 Å². The van der Waals surface area contributed by atoms with E-state index in [0.29, 0.717) is 6.54 Å². The molecular formula is C10H10IN. The summed E-state index contributed by atoms with van der Waals surface area (Å²) in [5, 5.41) is 0. The minimum Gasteiger partial charge on any atom is -0.288 e. The van der Waals surface area contributed by atoms with Crippen molar-refractivity contribution in [3.05, 3.63) is 46.1 Å². The topological polar surface area (TPSA) is 12.4 Å². The molecule has 1 aromatic carbocycles. The van der Waals surface area contributed by atoms with Crippen molar-refractivity contribution in [2.45, 2.75) is 0 Å². The van der Waals surface area contributed by atoms with Crippen molar-refractivity contribution in [2.75, 3.05) is 6.54 Å². The van der Waals surface area contributed by atoms with Crippen LogP contribution < -0.4 is 0 Å². The van der Waals surface area contributed by atoms with E-state index in [1.807, 2.05) is 24.4 Å². The molecule has 12 heavy (non-hydrogen) atoms. The third kappa shape index (κ3) is 2.77. The highest BCUT2D eigenvalue weighted by molar-refractivity contribution is 14.1. The second-order valence-electron chi connectivity index (χ2n) is 2.30.